The Kier molecular flexibility index (Phi) is 5.57. The molecular weight excluding hydrogens is 309 g/mol. The van der Waals surface area contributed by atoms with Crippen LogP contribution in [0.25, 0.3) is 11.1 Å². The molecule has 0 heterocycles. The second kappa shape index (κ2) is 7.45. The predicted octanol–water partition coefficient (Wildman–Crippen LogP) is 3.29. The van der Waals surface area contributed by atoms with Crippen molar-refractivity contribution in [3.05, 3.63) is 53.8 Å². The van der Waals surface area contributed by atoms with Gasteiger partial charge in [-0.15, -0.1) is 0 Å². The van der Waals surface area contributed by atoms with E-state index < -0.39 is 5.82 Å². The average Bonchev–Trinajstić information content (AvgIpc) is 2.54. The summed E-state index contributed by atoms with van der Waals surface area (Å²) in [6.45, 7) is 3.79. The molecule has 1 unspecified atom stereocenters. The molecule has 128 valence electrons. The summed E-state index contributed by atoms with van der Waals surface area (Å²) in [6.07, 6.45) is 0. The molecule has 2 aromatic rings. The minimum atomic E-state index is -0.522. The molecule has 0 aliphatic heterocycles. The molecule has 0 bridgehead atoms. The molecule has 24 heavy (non-hydrogen) atoms. The van der Waals surface area contributed by atoms with Crippen LogP contribution < -0.4 is 0 Å². The van der Waals surface area contributed by atoms with E-state index in [9.17, 15) is 19.4 Å². The summed E-state index contributed by atoms with van der Waals surface area (Å²) < 4.78 is 13.9. The number of likely N-dealkylation sites (N-methyl/N-ethyl adjacent to an activating group) is 1. The minimum Gasteiger partial charge on any atom is -0.508 e. The normalized spacial score (nSPS) is 12.2. The van der Waals surface area contributed by atoms with Crippen molar-refractivity contribution in [3.8, 4) is 16.9 Å². The SMILES string of the molecule is CC(C)C(CO)N(C)C(=O)c1ccc(-c2ccc(O)cc2F)cc1. The van der Waals surface area contributed by atoms with Gasteiger partial charge in [-0.05, 0) is 35.7 Å². The largest absolute Gasteiger partial charge is 0.508 e. The third kappa shape index (κ3) is 3.74. The zero-order chi connectivity index (χ0) is 17.9. The molecule has 1 amide bonds. The van der Waals surface area contributed by atoms with E-state index in [1.807, 2.05) is 13.8 Å². The van der Waals surface area contributed by atoms with Crippen molar-refractivity contribution in [2.24, 2.45) is 5.92 Å². The van der Waals surface area contributed by atoms with Gasteiger partial charge in [0.15, 0.2) is 0 Å². The van der Waals surface area contributed by atoms with Crippen molar-refractivity contribution in [3.63, 3.8) is 0 Å². The van der Waals surface area contributed by atoms with Crippen LogP contribution in [-0.4, -0.2) is 40.7 Å². The van der Waals surface area contributed by atoms with Crippen LogP contribution in [0.1, 0.15) is 24.2 Å². The highest BCUT2D eigenvalue weighted by Gasteiger charge is 2.23. The minimum absolute atomic E-state index is 0.100. The molecule has 5 heteroatoms. The van der Waals surface area contributed by atoms with E-state index in [1.54, 1.807) is 31.3 Å². The van der Waals surface area contributed by atoms with Crippen LogP contribution in [0.15, 0.2) is 42.5 Å². The number of aromatic hydroxyl groups is 1. The van der Waals surface area contributed by atoms with E-state index in [-0.39, 0.29) is 30.2 Å². The number of carbonyl (C=O) groups excluding carboxylic acids is 1. The fraction of sp³-hybridized carbons (Fsp3) is 0.316. The van der Waals surface area contributed by atoms with Crippen LogP contribution in [-0.2, 0) is 0 Å². The number of hydrogen-bond acceptors (Lipinski definition) is 3. The lowest BCUT2D eigenvalue weighted by atomic mass is 10.0. The maximum Gasteiger partial charge on any atom is 0.253 e. The molecule has 4 nitrogen and oxygen atoms in total. The highest BCUT2D eigenvalue weighted by molar-refractivity contribution is 5.94. The Labute approximate surface area is 141 Å². The third-order valence-corrected chi connectivity index (χ3v) is 4.17. The van der Waals surface area contributed by atoms with E-state index in [0.717, 1.165) is 6.07 Å². The molecule has 2 aromatic carbocycles. The maximum atomic E-state index is 13.9. The average molecular weight is 331 g/mol. The van der Waals surface area contributed by atoms with Gasteiger partial charge >= 0.3 is 0 Å². The molecule has 0 aromatic heterocycles. The summed E-state index contributed by atoms with van der Waals surface area (Å²) in [5.41, 5.74) is 1.45. The zero-order valence-corrected chi connectivity index (χ0v) is 14.0. The Morgan fingerprint density at radius 2 is 1.79 bits per heavy atom. The third-order valence-electron chi connectivity index (χ3n) is 4.17. The summed E-state index contributed by atoms with van der Waals surface area (Å²) >= 11 is 0. The Morgan fingerprint density at radius 3 is 2.29 bits per heavy atom. The van der Waals surface area contributed by atoms with Gasteiger partial charge in [0.2, 0.25) is 0 Å². The predicted molar refractivity (Wildman–Crippen MR) is 91.3 cm³/mol. The second-order valence-corrected chi connectivity index (χ2v) is 6.15. The number of aliphatic hydroxyl groups excluding tert-OH is 1. The van der Waals surface area contributed by atoms with Crippen LogP contribution in [0.5, 0.6) is 5.75 Å². The van der Waals surface area contributed by atoms with E-state index in [0.29, 0.717) is 16.7 Å². The summed E-state index contributed by atoms with van der Waals surface area (Å²) in [7, 11) is 1.66. The number of phenols is 1. The summed E-state index contributed by atoms with van der Waals surface area (Å²) in [6, 6.07) is 10.3. The number of phenolic OH excluding ortho intramolecular Hbond substituents is 1. The van der Waals surface area contributed by atoms with Gasteiger partial charge in [0.25, 0.3) is 5.91 Å². The number of rotatable bonds is 5. The lowest BCUT2D eigenvalue weighted by molar-refractivity contribution is 0.0588. The van der Waals surface area contributed by atoms with Crippen molar-refractivity contribution < 1.29 is 19.4 Å². The van der Waals surface area contributed by atoms with Gasteiger partial charge in [0.1, 0.15) is 11.6 Å². The quantitative estimate of drug-likeness (QED) is 0.884. The number of benzene rings is 2. The smallest absolute Gasteiger partial charge is 0.253 e. The van der Waals surface area contributed by atoms with Crippen molar-refractivity contribution in [1.29, 1.82) is 0 Å². The van der Waals surface area contributed by atoms with E-state index >= 15 is 0 Å². The molecule has 0 saturated heterocycles. The van der Waals surface area contributed by atoms with Gasteiger partial charge in [-0.2, -0.15) is 0 Å². The summed E-state index contributed by atoms with van der Waals surface area (Å²) in [5.74, 6) is -0.713. The van der Waals surface area contributed by atoms with Crippen molar-refractivity contribution in [2.45, 2.75) is 19.9 Å². The molecule has 2 N–H and O–H groups in total. The number of nitrogens with zero attached hydrogens (tertiary/aromatic N) is 1. The Hall–Kier alpha value is -2.40. The zero-order valence-electron chi connectivity index (χ0n) is 14.0. The van der Waals surface area contributed by atoms with E-state index in [2.05, 4.69) is 0 Å². The first-order valence-corrected chi connectivity index (χ1v) is 7.82. The lowest BCUT2D eigenvalue weighted by Gasteiger charge is -2.29. The van der Waals surface area contributed by atoms with E-state index in [4.69, 9.17) is 0 Å². The van der Waals surface area contributed by atoms with Gasteiger partial charge in [-0.3, -0.25) is 4.79 Å². The highest BCUT2D eigenvalue weighted by atomic mass is 19.1. The molecule has 0 spiro atoms. The number of aliphatic hydroxyl groups is 1. The van der Waals surface area contributed by atoms with Crippen molar-refractivity contribution >= 4 is 5.91 Å². The van der Waals surface area contributed by atoms with Crippen LogP contribution in [0.2, 0.25) is 0 Å². The molecule has 0 radical (unpaired) electrons. The number of hydrogen-bond donors (Lipinski definition) is 2. The topological polar surface area (TPSA) is 60.8 Å². The van der Waals surface area contributed by atoms with Gasteiger partial charge < -0.3 is 15.1 Å². The number of halogens is 1. The molecule has 0 saturated carbocycles. The Morgan fingerprint density at radius 1 is 1.17 bits per heavy atom. The van der Waals surface area contributed by atoms with Gasteiger partial charge in [0, 0.05) is 24.2 Å². The molecule has 0 aliphatic rings. The molecule has 0 aliphatic carbocycles. The maximum absolute atomic E-state index is 13.9. The molecule has 0 fully saturated rings. The van der Waals surface area contributed by atoms with Crippen molar-refractivity contribution in [2.75, 3.05) is 13.7 Å². The monoisotopic (exact) mass is 331 g/mol. The van der Waals surface area contributed by atoms with Crippen LogP contribution in [0.4, 0.5) is 4.39 Å². The fourth-order valence-corrected chi connectivity index (χ4v) is 2.67. The van der Waals surface area contributed by atoms with Crippen LogP contribution >= 0.6 is 0 Å². The first-order chi connectivity index (χ1) is 11.3. The first kappa shape index (κ1) is 17.9. The first-order valence-electron chi connectivity index (χ1n) is 7.82. The number of carbonyl (C=O) groups is 1. The number of amides is 1. The summed E-state index contributed by atoms with van der Waals surface area (Å²) in [4.78, 5) is 14.0. The van der Waals surface area contributed by atoms with Gasteiger partial charge in [0.05, 0.1) is 12.6 Å². The fourth-order valence-electron chi connectivity index (χ4n) is 2.67. The second-order valence-electron chi connectivity index (χ2n) is 6.15. The Balaban J connectivity index is 2.24. The van der Waals surface area contributed by atoms with Gasteiger partial charge in [-0.1, -0.05) is 26.0 Å². The highest BCUT2D eigenvalue weighted by Crippen LogP contribution is 2.26. The van der Waals surface area contributed by atoms with Crippen molar-refractivity contribution in [1.82, 2.24) is 4.90 Å². The lowest BCUT2D eigenvalue weighted by Crippen LogP contribution is -2.42. The Bertz CT molecular complexity index is 713. The molecule has 1 atom stereocenters. The van der Waals surface area contributed by atoms with Crippen LogP contribution in [0.3, 0.4) is 0 Å². The summed E-state index contributed by atoms with van der Waals surface area (Å²) in [5, 5.41) is 18.7. The molecular formula is C19H22FNO3. The van der Waals surface area contributed by atoms with Crippen LogP contribution in [0, 0.1) is 11.7 Å². The van der Waals surface area contributed by atoms with E-state index in [1.165, 1.54) is 17.0 Å². The molecule has 2 rings (SSSR count). The van der Waals surface area contributed by atoms with Gasteiger partial charge in [-0.25, -0.2) is 4.39 Å². The standard InChI is InChI=1S/C19H22FNO3/c1-12(2)18(11-22)21(3)19(24)14-6-4-13(5-7-14)16-9-8-15(23)10-17(16)20/h4-10,12,18,22-23H,11H2,1-3H3.